The van der Waals surface area contributed by atoms with Gasteiger partial charge >= 0.3 is 5.97 Å². The minimum absolute atomic E-state index is 0.152. The molecule has 0 heterocycles. The predicted octanol–water partition coefficient (Wildman–Crippen LogP) is 4.37. The Morgan fingerprint density at radius 3 is 2.73 bits per heavy atom. The van der Waals surface area contributed by atoms with Crippen molar-refractivity contribution in [2.75, 3.05) is 7.11 Å². The average molecular weight is 361 g/mol. The predicted molar refractivity (Wildman–Crippen MR) is 94.9 cm³/mol. The zero-order chi connectivity index (χ0) is 16.5. The van der Waals surface area contributed by atoms with Gasteiger partial charge in [-0.25, -0.2) is 0 Å². The van der Waals surface area contributed by atoms with Crippen LogP contribution in [0, 0.1) is 36.0 Å². The molecular formula is C19H21BrO2. The van der Waals surface area contributed by atoms with Crippen molar-refractivity contribution in [1.29, 1.82) is 0 Å². The lowest BCUT2D eigenvalue weighted by molar-refractivity contribution is -0.140. The van der Waals surface area contributed by atoms with Crippen molar-refractivity contribution in [3.05, 3.63) is 22.7 Å². The number of halogens is 1. The van der Waals surface area contributed by atoms with Gasteiger partial charge in [0.1, 0.15) is 0 Å². The molecule has 0 bridgehead atoms. The molecule has 0 spiro atoms. The van der Waals surface area contributed by atoms with Crippen molar-refractivity contribution in [3.8, 4) is 36.0 Å². The number of unbranched alkanes of at least 4 members (excludes halogenated alkanes) is 3. The molecule has 3 heteroatoms. The van der Waals surface area contributed by atoms with Crippen molar-refractivity contribution in [1.82, 2.24) is 0 Å². The van der Waals surface area contributed by atoms with E-state index in [-0.39, 0.29) is 5.97 Å². The Bertz CT molecular complexity index is 542. The number of carbonyl (C=O) groups excluding carboxylic acids is 1. The maximum absolute atomic E-state index is 10.9. The van der Waals surface area contributed by atoms with Gasteiger partial charge < -0.3 is 4.74 Å². The van der Waals surface area contributed by atoms with Crippen LogP contribution in [0.1, 0.15) is 44.9 Å². The standard InChI is InChI=1S/C19H21BrO2/c1-3-4-5-6-7-8-9-10-11-12-15-18(20)16-13-14-17-19(21)22-2/h1,4-5,16H,10-15,17H2,2H3. The first-order valence-corrected chi connectivity index (χ1v) is 8.01. The lowest BCUT2D eigenvalue weighted by Gasteiger charge is -1.99. The summed E-state index contributed by atoms with van der Waals surface area (Å²) in [6.07, 6.45) is 16.4. The van der Waals surface area contributed by atoms with Gasteiger partial charge in [0.25, 0.3) is 0 Å². The molecule has 2 nitrogen and oxygen atoms in total. The third-order valence-corrected chi connectivity index (χ3v) is 3.35. The van der Waals surface area contributed by atoms with E-state index < -0.39 is 0 Å². The summed E-state index contributed by atoms with van der Waals surface area (Å²) in [5.41, 5.74) is 0. The van der Waals surface area contributed by atoms with Crippen LogP contribution in [-0.2, 0) is 9.53 Å². The molecular weight excluding hydrogens is 340 g/mol. The van der Waals surface area contributed by atoms with Crippen LogP contribution >= 0.6 is 15.9 Å². The molecule has 0 aromatic heterocycles. The van der Waals surface area contributed by atoms with Gasteiger partial charge in [0.15, 0.2) is 0 Å². The molecule has 0 aliphatic rings. The van der Waals surface area contributed by atoms with Crippen LogP contribution in [0.25, 0.3) is 0 Å². The second kappa shape index (κ2) is 15.5. The van der Waals surface area contributed by atoms with E-state index in [1.165, 1.54) is 11.6 Å². The van der Waals surface area contributed by atoms with E-state index in [0.29, 0.717) is 6.42 Å². The van der Waals surface area contributed by atoms with E-state index in [2.05, 4.69) is 56.3 Å². The maximum Gasteiger partial charge on any atom is 0.305 e. The van der Waals surface area contributed by atoms with Crippen molar-refractivity contribution < 1.29 is 9.53 Å². The number of rotatable bonds is 8. The highest BCUT2D eigenvalue weighted by Gasteiger charge is 1.98. The number of hydrogen-bond donors (Lipinski definition) is 0. The van der Waals surface area contributed by atoms with Crippen LogP contribution in [0.3, 0.4) is 0 Å². The summed E-state index contributed by atoms with van der Waals surface area (Å²) >= 11 is 3.54. The molecule has 0 aromatic rings. The van der Waals surface area contributed by atoms with Crippen molar-refractivity contribution >= 4 is 21.9 Å². The lowest BCUT2D eigenvalue weighted by atomic mass is 10.1. The zero-order valence-electron chi connectivity index (χ0n) is 13.0. The first-order valence-electron chi connectivity index (χ1n) is 7.21. The quantitative estimate of drug-likeness (QED) is 0.365. The fraction of sp³-hybridized carbons (Fsp3) is 0.421. The van der Waals surface area contributed by atoms with Gasteiger partial charge in [-0.3, -0.25) is 4.79 Å². The second-order valence-electron chi connectivity index (χ2n) is 4.40. The molecule has 0 rings (SSSR count). The fourth-order valence-electron chi connectivity index (χ4n) is 1.49. The molecule has 0 aromatic carbocycles. The SMILES string of the molecule is C#CC=CC#CC#CCCCCC(Br)=CCCCC(=O)OC. The van der Waals surface area contributed by atoms with E-state index in [4.69, 9.17) is 6.42 Å². The first-order chi connectivity index (χ1) is 10.7. The molecule has 0 N–H and O–H groups in total. The second-order valence-corrected chi connectivity index (χ2v) is 5.42. The Balaban J connectivity index is 3.67. The van der Waals surface area contributed by atoms with Crippen molar-refractivity contribution in [2.24, 2.45) is 0 Å². The molecule has 0 atom stereocenters. The van der Waals surface area contributed by atoms with Gasteiger partial charge in [-0.2, -0.15) is 0 Å². The highest BCUT2D eigenvalue weighted by atomic mass is 79.9. The molecule has 116 valence electrons. The molecule has 0 aliphatic heterocycles. The molecule has 0 unspecified atom stereocenters. The molecule has 0 saturated heterocycles. The smallest absolute Gasteiger partial charge is 0.305 e. The molecule has 0 radical (unpaired) electrons. The Kier molecular flexibility index (Phi) is 14.2. The topological polar surface area (TPSA) is 26.3 Å². The first kappa shape index (κ1) is 20.1. The van der Waals surface area contributed by atoms with Crippen molar-refractivity contribution in [3.63, 3.8) is 0 Å². The number of hydrogen-bond acceptors (Lipinski definition) is 2. The number of allylic oxidation sites excluding steroid dienone is 4. The number of ether oxygens (including phenoxy) is 1. The highest BCUT2D eigenvalue weighted by molar-refractivity contribution is 9.11. The van der Waals surface area contributed by atoms with Crippen LogP contribution in [0.2, 0.25) is 0 Å². The summed E-state index contributed by atoms with van der Waals surface area (Å²) in [4.78, 5) is 10.9. The van der Waals surface area contributed by atoms with Crippen LogP contribution in [0.4, 0.5) is 0 Å². The Labute approximate surface area is 142 Å². The van der Waals surface area contributed by atoms with E-state index in [1.54, 1.807) is 12.2 Å². The molecule has 22 heavy (non-hydrogen) atoms. The number of esters is 1. The van der Waals surface area contributed by atoms with E-state index in [1.807, 2.05) is 0 Å². The monoisotopic (exact) mass is 360 g/mol. The summed E-state index contributed by atoms with van der Waals surface area (Å²) in [5.74, 6) is 13.5. The van der Waals surface area contributed by atoms with Crippen LogP contribution < -0.4 is 0 Å². The van der Waals surface area contributed by atoms with Crippen LogP contribution in [0.15, 0.2) is 22.7 Å². The van der Waals surface area contributed by atoms with E-state index >= 15 is 0 Å². The third kappa shape index (κ3) is 14.5. The van der Waals surface area contributed by atoms with Crippen molar-refractivity contribution in [2.45, 2.75) is 44.9 Å². The lowest BCUT2D eigenvalue weighted by Crippen LogP contribution is -1.98. The van der Waals surface area contributed by atoms with E-state index in [0.717, 1.165) is 38.5 Å². The molecule has 0 aliphatic carbocycles. The van der Waals surface area contributed by atoms with Gasteiger partial charge in [-0.15, -0.1) is 6.42 Å². The summed E-state index contributed by atoms with van der Waals surface area (Å²) in [6, 6.07) is 0. The summed E-state index contributed by atoms with van der Waals surface area (Å²) in [5, 5.41) is 0. The maximum atomic E-state index is 10.9. The van der Waals surface area contributed by atoms with Crippen LogP contribution in [0.5, 0.6) is 0 Å². The minimum atomic E-state index is -0.152. The zero-order valence-corrected chi connectivity index (χ0v) is 14.5. The van der Waals surface area contributed by atoms with Crippen LogP contribution in [-0.4, -0.2) is 13.1 Å². The Morgan fingerprint density at radius 1 is 1.18 bits per heavy atom. The van der Waals surface area contributed by atoms with Gasteiger partial charge in [0.2, 0.25) is 0 Å². The Morgan fingerprint density at radius 2 is 2.00 bits per heavy atom. The normalized spacial score (nSPS) is 10.1. The summed E-state index contributed by atoms with van der Waals surface area (Å²) in [6.45, 7) is 0. The summed E-state index contributed by atoms with van der Waals surface area (Å²) < 4.78 is 5.77. The largest absolute Gasteiger partial charge is 0.469 e. The van der Waals surface area contributed by atoms with Gasteiger partial charge in [0.05, 0.1) is 7.11 Å². The van der Waals surface area contributed by atoms with Gasteiger partial charge in [-0.05, 0) is 60.6 Å². The van der Waals surface area contributed by atoms with E-state index in [9.17, 15) is 4.79 Å². The number of carbonyl (C=O) groups is 1. The molecule has 0 saturated carbocycles. The third-order valence-electron chi connectivity index (χ3n) is 2.63. The average Bonchev–Trinajstić information content (AvgIpc) is 2.53. The van der Waals surface area contributed by atoms with Gasteiger partial charge in [-0.1, -0.05) is 39.8 Å². The van der Waals surface area contributed by atoms with Gasteiger partial charge in [0, 0.05) is 12.8 Å². The summed E-state index contributed by atoms with van der Waals surface area (Å²) in [7, 11) is 1.41. The fourth-order valence-corrected chi connectivity index (χ4v) is 2.00. The Hall–Kier alpha value is -1.89. The number of methoxy groups -OCH3 is 1. The highest BCUT2D eigenvalue weighted by Crippen LogP contribution is 2.16. The molecule has 0 amide bonds. The molecule has 0 fully saturated rings. The minimum Gasteiger partial charge on any atom is -0.469 e. The number of terminal acetylenes is 1.